The summed E-state index contributed by atoms with van der Waals surface area (Å²) < 4.78 is 0. The molecule has 0 radical (unpaired) electrons. The van der Waals surface area contributed by atoms with E-state index in [0.29, 0.717) is 5.02 Å². The van der Waals surface area contributed by atoms with Crippen molar-refractivity contribution in [1.29, 1.82) is 0 Å². The molecule has 0 unspecified atom stereocenters. The third-order valence-electron chi connectivity index (χ3n) is 3.25. The van der Waals surface area contributed by atoms with Crippen molar-refractivity contribution in [3.63, 3.8) is 0 Å². The zero-order chi connectivity index (χ0) is 14.1. The van der Waals surface area contributed by atoms with Crippen LogP contribution in [0.2, 0.25) is 5.02 Å². The van der Waals surface area contributed by atoms with E-state index >= 15 is 0 Å². The average Bonchev–Trinajstić information content (AvgIpc) is 2.76. The summed E-state index contributed by atoms with van der Waals surface area (Å²) in [4.78, 5) is 13.7. The van der Waals surface area contributed by atoms with Crippen molar-refractivity contribution < 1.29 is 0 Å². The first-order valence-electron chi connectivity index (χ1n) is 6.42. The summed E-state index contributed by atoms with van der Waals surface area (Å²) in [6.45, 7) is 9.79. The van der Waals surface area contributed by atoms with Crippen molar-refractivity contribution in [1.82, 2.24) is 9.97 Å². The van der Waals surface area contributed by atoms with Gasteiger partial charge < -0.3 is 9.80 Å². The molecule has 0 atom stereocenters. The second-order valence-electron chi connectivity index (χ2n) is 4.64. The molecular weight excluding hydrogens is 272 g/mol. The largest absolute Gasteiger partial charge is 0.332 e. The van der Waals surface area contributed by atoms with Gasteiger partial charge in [0.2, 0.25) is 0 Å². The van der Waals surface area contributed by atoms with Gasteiger partial charge in [-0.2, -0.15) is 0 Å². The van der Waals surface area contributed by atoms with Gasteiger partial charge in [-0.05, 0) is 12.1 Å². The van der Waals surface area contributed by atoms with E-state index in [1.54, 1.807) is 0 Å². The van der Waals surface area contributed by atoms with Crippen LogP contribution in [0.25, 0.3) is 11.0 Å². The Morgan fingerprint density at radius 3 is 2.40 bits per heavy atom. The predicted octanol–water partition coefficient (Wildman–Crippen LogP) is 3.24. The maximum absolute atomic E-state index is 6.21. The maximum Gasteiger partial charge on any atom is 0.174 e. The van der Waals surface area contributed by atoms with E-state index < -0.39 is 0 Å². The molecule has 0 fully saturated rings. The van der Waals surface area contributed by atoms with Gasteiger partial charge >= 0.3 is 0 Å². The predicted molar refractivity (Wildman–Crippen MR) is 84.5 cm³/mol. The summed E-state index contributed by atoms with van der Waals surface area (Å²) in [5.74, 6) is 1.73. The maximum atomic E-state index is 6.21. The summed E-state index contributed by atoms with van der Waals surface area (Å²) >= 11 is 6.21. The number of rotatable bonds is 4. The zero-order valence-electron chi connectivity index (χ0n) is 11.1. The smallest absolute Gasteiger partial charge is 0.174 e. The number of fused-ring (bicyclic) bond motifs is 2. The molecule has 0 spiro atoms. The molecule has 0 N–H and O–H groups in total. The average molecular weight is 287 g/mol. The molecule has 102 valence electrons. The van der Waals surface area contributed by atoms with Gasteiger partial charge in [0, 0.05) is 13.1 Å². The van der Waals surface area contributed by atoms with Crippen molar-refractivity contribution >= 4 is 34.3 Å². The Kier molecular flexibility index (Phi) is 3.32. The molecule has 1 aromatic carbocycles. The fourth-order valence-corrected chi connectivity index (χ4v) is 2.60. The molecule has 0 amide bonds. The number of hydrogen-bond donors (Lipinski definition) is 0. The molecule has 5 heteroatoms. The van der Waals surface area contributed by atoms with Gasteiger partial charge in [0.05, 0.1) is 17.2 Å². The van der Waals surface area contributed by atoms with Crippen LogP contribution in [0.5, 0.6) is 0 Å². The van der Waals surface area contributed by atoms with Crippen LogP contribution < -0.4 is 9.80 Å². The second-order valence-corrected chi connectivity index (χ2v) is 5.05. The number of benzene rings is 1. The SMILES string of the molecule is C=CCN1CN(CC=C)c2nc3c(Cl)cccc3nc21. The van der Waals surface area contributed by atoms with Gasteiger partial charge in [0.25, 0.3) is 0 Å². The molecule has 0 saturated carbocycles. The minimum absolute atomic E-state index is 0.624. The summed E-state index contributed by atoms with van der Waals surface area (Å²) in [6, 6.07) is 5.65. The highest BCUT2D eigenvalue weighted by molar-refractivity contribution is 6.34. The fourth-order valence-electron chi connectivity index (χ4n) is 2.39. The van der Waals surface area contributed by atoms with E-state index in [2.05, 4.69) is 23.0 Å². The molecule has 1 aliphatic rings. The first-order chi connectivity index (χ1) is 9.74. The molecule has 20 heavy (non-hydrogen) atoms. The Morgan fingerprint density at radius 2 is 1.75 bits per heavy atom. The second kappa shape index (κ2) is 5.13. The van der Waals surface area contributed by atoms with Crippen LogP contribution in [0.3, 0.4) is 0 Å². The van der Waals surface area contributed by atoms with E-state index in [1.165, 1.54) is 0 Å². The highest BCUT2D eigenvalue weighted by Gasteiger charge is 2.28. The van der Waals surface area contributed by atoms with Crippen molar-refractivity contribution in [3.05, 3.63) is 48.5 Å². The van der Waals surface area contributed by atoms with Gasteiger partial charge in [0.15, 0.2) is 11.6 Å². The Hall–Kier alpha value is -2.07. The molecular formula is C15H15ClN4. The lowest BCUT2D eigenvalue weighted by atomic mass is 10.3. The Balaban J connectivity index is 2.17. The number of nitrogens with zero attached hydrogens (tertiary/aromatic N) is 4. The van der Waals surface area contributed by atoms with Gasteiger partial charge in [-0.15, -0.1) is 13.2 Å². The quantitative estimate of drug-likeness (QED) is 0.808. The minimum Gasteiger partial charge on any atom is -0.332 e. The van der Waals surface area contributed by atoms with Crippen molar-refractivity contribution in [2.75, 3.05) is 29.6 Å². The van der Waals surface area contributed by atoms with Crippen LogP contribution >= 0.6 is 11.6 Å². The topological polar surface area (TPSA) is 32.3 Å². The van der Waals surface area contributed by atoms with Crippen LogP contribution in [0.4, 0.5) is 11.6 Å². The standard InChI is InChI=1S/C15H15ClN4/c1-3-8-19-10-20(9-4-2)15-14(19)17-12-7-5-6-11(16)13(12)18-15/h3-7H,1-2,8-10H2. The lowest BCUT2D eigenvalue weighted by molar-refractivity contribution is 0.834. The number of anilines is 2. The van der Waals surface area contributed by atoms with Gasteiger partial charge in [-0.25, -0.2) is 9.97 Å². The third-order valence-corrected chi connectivity index (χ3v) is 3.55. The van der Waals surface area contributed by atoms with Crippen LogP contribution in [0.1, 0.15) is 0 Å². The highest BCUT2D eigenvalue weighted by atomic mass is 35.5. The van der Waals surface area contributed by atoms with Crippen LogP contribution in [-0.4, -0.2) is 29.7 Å². The van der Waals surface area contributed by atoms with E-state index in [1.807, 2.05) is 30.4 Å². The van der Waals surface area contributed by atoms with Gasteiger partial charge in [-0.1, -0.05) is 29.8 Å². The Bertz CT molecular complexity index is 683. The third kappa shape index (κ3) is 2.02. The molecule has 2 aromatic rings. The molecule has 4 nitrogen and oxygen atoms in total. The van der Waals surface area contributed by atoms with E-state index in [4.69, 9.17) is 21.6 Å². The summed E-state index contributed by atoms with van der Waals surface area (Å²) in [7, 11) is 0. The zero-order valence-corrected chi connectivity index (χ0v) is 11.8. The van der Waals surface area contributed by atoms with Crippen LogP contribution in [-0.2, 0) is 0 Å². The van der Waals surface area contributed by atoms with Crippen LogP contribution in [0.15, 0.2) is 43.5 Å². The summed E-state index contributed by atoms with van der Waals surface area (Å²) in [6.07, 6.45) is 3.73. The van der Waals surface area contributed by atoms with Crippen molar-refractivity contribution in [3.8, 4) is 0 Å². The monoisotopic (exact) mass is 286 g/mol. The number of halogens is 1. The van der Waals surface area contributed by atoms with E-state index in [9.17, 15) is 0 Å². The molecule has 1 aliphatic heterocycles. The van der Waals surface area contributed by atoms with E-state index in [-0.39, 0.29) is 0 Å². The molecule has 1 aromatic heterocycles. The molecule has 0 aliphatic carbocycles. The molecule has 0 bridgehead atoms. The highest BCUT2D eigenvalue weighted by Crippen LogP contribution is 2.35. The fraction of sp³-hybridized carbons (Fsp3) is 0.200. The molecule has 0 saturated heterocycles. The van der Waals surface area contributed by atoms with Crippen molar-refractivity contribution in [2.24, 2.45) is 0 Å². The lowest BCUT2D eigenvalue weighted by Crippen LogP contribution is -2.31. The molecule has 3 rings (SSSR count). The normalized spacial score (nSPS) is 13.7. The number of para-hydroxylation sites is 1. The summed E-state index contributed by atoms with van der Waals surface area (Å²) in [5.41, 5.74) is 1.55. The summed E-state index contributed by atoms with van der Waals surface area (Å²) in [5, 5.41) is 0.624. The van der Waals surface area contributed by atoms with Crippen molar-refractivity contribution in [2.45, 2.75) is 0 Å². The lowest BCUT2D eigenvalue weighted by Gasteiger charge is -2.17. The number of aromatic nitrogens is 2. The molecule has 2 heterocycles. The minimum atomic E-state index is 0.624. The van der Waals surface area contributed by atoms with Gasteiger partial charge in [-0.3, -0.25) is 0 Å². The van der Waals surface area contributed by atoms with Crippen LogP contribution in [0, 0.1) is 0 Å². The first-order valence-corrected chi connectivity index (χ1v) is 6.80. The Morgan fingerprint density at radius 1 is 1.10 bits per heavy atom. The first kappa shape index (κ1) is 12.9. The van der Waals surface area contributed by atoms with E-state index in [0.717, 1.165) is 42.4 Å². The number of hydrogen-bond acceptors (Lipinski definition) is 4. The Labute approximate surface area is 123 Å². The van der Waals surface area contributed by atoms with Gasteiger partial charge in [0.1, 0.15) is 5.52 Å².